The second kappa shape index (κ2) is 13.5. The van der Waals surface area contributed by atoms with Crippen molar-refractivity contribution in [2.45, 2.75) is 174 Å². The van der Waals surface area contributed by atoms with Gasteiger partial charge in [0, 0.05) is 5.41 Å². The van der Waals surface area contributed by atoms with E-state index < -0.39 is 72.1 Å². The van der Waals surface area contributed by atoms with Gasteiger partial charge in [0.2, 0.25) is 0 Å². The van der Waals surface area contributed by atoms with Crippen molar-refractivity contribution < 1.29 is 59.5 Å². The maximum absolute atomic E-state index is 13.1. The molecule has 0 spiro atoms. The highest BCUT2D eigenvalue weighted by atomic mass is 16.8. The average molecular weight is 751 g/mol. The molecule has 2 heterocycles. The van der Waals surface area contributed by atoms with Crippen molar-refractivity contribution in [1.29, 1.82) is 0 Å². The van der Waals surface area contributed by atoms with Crippen LogP contribution in [0.1, 0.15) is 113 Å². The first kappa shape index (κ1) is 40.0. The molecule has 12 heteroatoms. The van der Waals surface area contributed by atoms with E-state index in [4.69, 9.17) is 18.9 Å². The summed E-state index contributed by atoms with van der Waals surface area (Å²) in [5.41, 5.74) is -0.651. The molecular weight excluding hydrogens is 684 g/mol. The van der Waals surface area contributed by atoms with Gasteiger partial charge in [0.1, 0.15) is 36.6 Å². The zero-order valence-corrected chi connectivity index (χ0v) is 32.7. The summed E-state index contributed by atoms with van der Waals surface area (Å²) in [6.45, 7) is 15.2. The molecule has 7 N–H and O–H groups in total. The number of carboxylic acid groups (broad SMARTS) is 1. The van der Waals surface area contributed by atoms with E-state index in [1.165, 1.54) is 5.57 Å². The fourth-order valence-corrected chi connectivity index (χ4v) is 13.5. The minimum absolute atomic E-state index is 0.0249. The average Bonchev–Trinajstić information content (AvgIpc) is 3.09. The summed E-state index contributed by atoms with van der Waals surface area (Å²) >= 11 is 0. The van der Waals surface area contributed by atoms with Crippen molar-refractivity contribution in [3.8, 4) is 0 Å². The molecule has 0 aromatic carbocycles. The topological polar surface area (TPSA) is 196 Å². The molecular formula is C41H66O12. The largest absolute Gasteiger partial charge is 0.481 e. The highest BCUT2D eigenvalue weighted by Gasteiger charge is 2.70. The summed E-state index contributed by atoms with van der Waals surface area (Å²) in [6, 6.07) is 0. The summed E-state index contributed by atoms with van der Waals surface area (Å²) in [6.07, 6.45) is -1.74. The second-order valence-electron chi connectivity index (χ2n) is 20.1. The van der Waals surface area contributed by atoms with Crippen LogP contribution in [0.3, 0.4) is 0 Å². The lowest BCUT2D eigenvalue weighted by Crippen LogP contribution is -2.67. The fourth-order valence-electron chi connectivity index (χ4n) is 13.5. The van der Waals surface area contributed by atoms with Crippen LogP contribution in [0.15, 0.2) is 11.6 Å². The third kappa shape index (κ3) is 5.85. The Balaban J connectivity index is 1.15. The number of hydrogen-bond donors (Lipinski definition) is 7. The van der Waals surface area contributed by atoms with Gasteiger partial charge in [0.15, 0.2) is 12.6 Å². The predicted octanol–water partition coefficient (Wildman–Crippen LogP) is 3.52. The molecule has 5 aliphatic carbocycles. The van der Waals surface area contributed by atoms with Gasteiger partial charge in [-0.3, -0.25) is 4.79 Å². The molecule has 7 rings (SSSR count). The zero-order valence-electron chi connectivity index (χ0n) is 32.7. The van der Waals surface area contributed by atoms with Gasteiger partial charge in [-0.25, -0.2) is 0 Å². The Bertz CT molecular complexity index is 1430. The lowest BCUT2D eigenvalue weighted by Gasteiger charge is -2.71. The first-order valence-corrected chi connectivity index (χ1v) is 20.2. The molecule has 0 bridgehead atoms. The Morgan fingerprint density at radius 1 is 0.830 bits per heavy atom. The minimum atomic E-state index is -1.60. The van der Waals surface area contributed by atoms with E-state index in [2.05, 4.69) is 47.6 Å². The molecule has 0 aromatic rings. The minimum Gasteiger partial charge on any atom is -0.481 e. The van der Waals surface area contributed by atoms with Crippen molar-refractivity contribution >= 4 is 5.97 Å². The summed E-state index contributed by atoms with van der Waals surface area (Å²) in [4.78, 5) is 13.1. The number of aliphatic carboxylic acids is 1. The number of aliphatic hydroxyl groups excluding tert-OH is 6. The number of fused-ring (bicyclic) bond motifs is 7. The van der Waals surface area contributed by atoms with E-state index in [0.29, 0.717) is 25.7 Å². The Kier molecular flexibility index (Phi) is 10.2. The monoisotopic (exact) mass is 750 g/mol. The van der Waals surface area contributed by atoms with E-state index in [0.717, 1.165) is 38.5 Å². The first-order valence-electron chi connectivity index (χ1n) is 20.2. The molecule has 6 fully saturated rings. The van der Waals surface area contributed by atoms with E-state index >= 15 is 0 Å². The number of hydrogen-bond acceptors (Lipinski definition) is 11. The van der Waals surface area contributed by atoms with Gasteiger partial charge in [-0.1, -0.05) is 53.2 Å². The SMILES string of the molecule is C[C@H]1O[C@@H](O[C@H]2[C@H](OC3CCC4(C)C(CCC5(C)C4CC=C4C6CC(C)(C)CCC6(C(=O)O)CCC45CO)C3(C)C)OC[C@@H](O)[C@H]2O)[C@H](O)[C@H](O)[C@H]1O. The standard InChI is InChI=1S/C41H66O12/c1-21-28(44)30(46)31(47)33(51-21)53-32-29(45)24(43)19-50-34(32)52-27-11-12-38(6)25(37(27,4)5)10-13-39(7)26(38)9-8-22-23-18-36(2,3)14-15-40(23,35(48)49)16-17-41(22,39)20-42/h8,21,23-34,42-47H,9-20H2,1-7H3,(H,48,49)/t21-,23?,24-,25?,26?,27?,28+,29-,30-,31-,32-,33+,34+,38?,39?,40?,41?/m1/s1. The Labute approximate surface area is 314 Å². The van der Waals surface area contributed by atoms with E-state index in [1.54, 1.807) is 6.92 Å². The number of allylic oxidation sites excluding steroid dienone is 1. The van der Waals surface area contributed by atoms with Crippen LogP contribution in [0.25, 0.3) is 0 Å². The van der Waals surface area contributed by atoms with Gasteiger partial charge in [-0.15, -0.1) is 0 Å². The van der Waals surface area contributed by atoms with Crippen molar-refractivity contribution in [2.24, 2.45) is 50.2 Å². The highest BCUT2D eigenvalue weighted by molar-refractivity contribution is 5.76. The summed E-state index contributed by atoms with van der Waals surface area (Å²) in [5, 5.41) is 75.1. The normalized spacial score (nSPS) is 53.3. The van der Waals surface area contributed by atoms with Crippen LogP contribution in [-0.2, 0) is 23.7 Å². The van der Waals surface area contributed by atoms with Crippen molar-refractivity contribution in [1.82, 2.24) is 0 Å². The fraction of sp³-hybridized carbons (Fsp3) is 0.927. The van der Waals surface area contributed by atoms with Gasteiger partial charge in [0.05, 0.1) is 30.8 Å². The Morgan fingerprint density at radius 2 is 1.53 bits per heavy atom. The molecule has 0 aromatic heterocycles. The number of carbonyl (C=O) groups is 1. The molecule has 17 atom stereocenters. The van der Waals surface area contributed by atoms with Gasteiger partial charge in [-0.2, -0.15) is 0 Å². The lowest BCUT2D eigenvalue weighted by molar-refractivity contribution is -0.364. The molecule has 2 aliphatic heterocycles. The molecule has 2 saturated heterocycles. The molecule has 7 aliphatic rings. The number of ether oxygens (including phenoxy) is 4. The molecule has 0 amide bonds. The van der Waals surface area contributed by atoms with Crippen LogP contribution >= 0.6 is 0 Å². The van der Waals surface area contributed by atoms with Crippen LogP contribution in [-0.4, -0.2) is 116 Å². The molecule has 4 saturated carbocycles. The molecule has 12 nitrogen and oxygen atoms in total. The number of carboxylic acids is 1. The Hall–Kier alpha value is -1.19. The second-order valence-corrected chi connectivity index (χ2v) is 20.1. The van der Waals surface area contributed by atoms with Crippen molar-refractivity contribution in [3.05, 3.63) is 11.6 Å². The summed E-state index contributed by atoms with van der Waals surface area (Å²) < 4.78 is 24.4. The van der Waals surface area contributed by atoms with Gasteiger partial charge >= 0.3 is 5.97 Å². The smallest absolute Gasteiger partial charge is 0.310 e. The van der Waals surface area contributed by atoms with Crippen LogP contribution < -0.4 is 0 Å². The Morgan fingerprint density at radius 3 is 2.21 bits per heavy atom. The van der Waals surface area contributed by atoms with Gasteiger partial charge < -0.3 is 54.7 Å². The summed E-state index contributed by atoms with van der Waals surface area (Å²) in [5.74, 6) is -0.248. The summed E-state index contributed by atoms with van der Waals surface area (Å²) in [7, 11) is 0. The van der Waals surface area contributed by atoms with Crippen LogP contribution in [0.2, 0.25) is 0 Å². The number of rotatable bonds is 6. The molecule has 53 heavy (non-hydrogen) atoms. The number of aliphatic hydroxyl groups is 6. The third-order valence-electron chi connectivity index (χ3n) is 16.8. The van der Waals surface area contributed by atoms with E-state index in [9.17, 15) is 40.5 Å². The molecule has 0 radical (unpaired) electrons. The maximum atomic E-state index is 13.1. The van der Waals surface area contributed by atoms with Crippen LogP contribution in [0.4, 0.5) is 0 Å². The highest BCUT2D eigenvalue weighted by Crippen LogP contribution is 2.76. The van der Waals surface area contributed by atoms with E-state index in [-0.39, 0.29) is 58.7 Å². The van der Waals surface area contributed by atoms with Crippen molar-refractivity contribution in [2.75, 3.05) is 13.2 Å². The molecule has 8 unspecified atom stereocenters. The predicted molar refractivity (Wildman–Crippen MR) is 192 cm³/mol. The first-order chi connectivity index (χ1) is 24.7. The van der Waals surface area contributed by atoms with Crippen molar-refractivity contribution in [3.63, 3.8) is 0 Å². The van der Waals surface area contributed by atoms with Crippen LogP contribution in [0, 0.1) is 50.2 Å². The molecule has 302 valence electrons. The lowest BCUT2D eigenvalue weighted by atomic mass is 9.33. The van der Waals surface area contributed by atoms with Gasteiger partial charge in [0.25, 0.3) is 0 Å². The third-order valence-corrected chi connectivity index (χ3v) is 16.8. The van der Waals surface area contributed by atoms with Gasteiger partial charge in [-0.05, 0) is 111 Å². The quantitative estimate of drug-likeness (QED) is 0.155. The van der Waals surface area contributed by atoms with E-state index in [1.807, 2.05) is 0 Å². The maximum Gasteiger partial charge on any atom is 0.310 e. The zero-order chi connectivity index (χ0) is 38.7. The van der Waals surface area contributed by atoms with Crippen LogP contribution in [0.5, 0.6) is 0 Å².